The van der Waals surface area contributed by atoms with Crippen molar-refractivity contribution in [3.05, 3.63) is 33.1 Å². The van der Waals surface area contributed by atoms with E-state index in [-0.39, 0.29) is 5.92 Å². The minimum absolute atomic E-state index is 0.111. The molecule has 1 fully saturated rings. The Labute approximate surface area is 95.7 Å². The molecule has 1 saturated heterocycles. The molecule has 0 aromatic carbocycles. The molecule has 1 aliphatic rings. The molecule has 3 unspecified atom stereocenters. The van der Waals surface area contributed by atoms with Crippen molar-refractivity contribution in [2.75, 3.05) is 0 Å². The molecule has 0 spiro atoms. The Kier molecular flexibility index (Phi) is 2.84. The van der Waals surface area contributed by atoms with Gasteiger partial charge in [0.05, 0.1) is 0 Å². The number of aliphatic carboxylic acids is 1. The molecule has 0 bridgehead atoms. The molecule has 0 amide bonds. The first-order valence-corrected chi connectivity index (χ1v) is 5.19. The number of aromatic amines is 1. The minimum atomic E-state index is -1.04. The van der Waals surface area contributed by atoms with E-state index in [9.17, 15) is 14.4 Å². The molecule has 0 radical (unpaired) electrons. The highest BCUT2D eigenvalue weighted by atomic mass is 16.5. The second-order valence-corrected chi connectivity index (χ2v) is 4.08. The van der Waals surface area contributed by atoms with Gasteiger partial charge in [-0.3, -0.25) is 14.3 Å². The van der Waals surface area contributed by atoms with E-state index in [0.29, 0.717) is 6.42 Å². The number of nitrogens with one attached hydrogen (secondary N) is 1. The largest absolute Gasteiger partial charge is 0.479 e. The van der Waals surface area contributed by atoms with Gasteiger partial charge in [0.2, 0.25) is 0 Å². The van der Waals surface area contributed by atoms with E-state index in [1.165, 1.54) is 16.8 Å². The summed E-state index contributed by atoms with van der Waals surface area (Å²) in [6.07, 6.45) is 0.0901. The average Bonchev–Trinajstić information content (AvgIpc) is 2.61. The predicted molar refractivity (Wildman–Crippen MR) is 56.6 cm³/mol. The maximum atomic E-state index is 11.5. The molecule has 17 heavy (non-hydrogen) atoms. The number of aromatic nitrogens is 2. The summed E-state index contributed by atoms with van der Waals surface area (Å²) < 4.78 is 6.49. The van der Waals surface area contributed by atoms with Gasteiger partial charge >= 0.3 is 11.7 Å². The summed E-state index contributed by atoms with van der Waals surface area (Å²) >= 11 is 0. The first kappa shape index (κ1) is 11.6. The number of rotatable bonds is 2. The third-order valence-electron chi connectivity index (χ3n) is 2.78. The first-order valence-electron chi connectivity index (χ1n) is 5.19. The number of hydrogen-bond acceptors (Lipinski definition) is 4. The normalized spacial score (nSPS) is 28.2. The Balaban J connectivity index is 2.32. The van der Waals surface area contributed by atoms with Crippen LogP contribution < -0.4 is 11.2 Å². The fourth-order valence-corrected chi connectivity index (χ4v) is 1.94. The summed E-state index contributed by atoms with van der Waals surface area (Å²) in [4.78, 5) is 35.3. The standard InChI is InChI=1S/C10H12N2O5/c1-5-4-6(9(14)15)17-8(5)12-3-2-7(13)11-10(12)16/h2-3,5-6,8H,4H2,1H3,(H,14,15)(H,11,13,16). The van der Waals surface area contributed by atoms with Crippen molar-refractivity contribution in [2.45, 2.75) is 25.7 Å². The van der Waals surface area contributed by atoms with E-state index in [1.54, 1.807) is 6.92 Å². The van der Waals surface area contributed by atoms with Crippen molar-refractivity contribution in [1.29, 1.82) is 0 Å². The van der Waals surface area contributed by atoms with Crippen LogP contribution in [-0.4, -0.2) is 26.7 Å². The molecule has 0 saturated carbocycles. The van der Waals surface area contributed by atoms with Gasteiger partial charge in [0.1, 0.15) is 6.23 Å². The van der Waals surface area contributed by atoms with Crippen LogP contribution in [0, 0.1) is 5.92 Å². The van der Waals surface area contributed by atoms with Crippen molar-refractivity contribution in [1.82, 2.24) is 9.55 Å². The van der Waals surface area contributed by atoms with Gasteiger partial charge in [-0.2, -0.15) is 0 Å². The molecular formula is C10H12N2O5. The van der Waals surface area contributed by atoms with Gasteiger partial charge in [0, 0.05) is 18.2 Å². The van der Waals surface area contributed by atoms with Crippen molar-refractivity contribution >= 4 is 5.97 Å². The lowest BCUT2D eigenvalue weighted by Gasteiger charge is -2.16. The van der Waals surface area contributed by atoms with E-state index in [1.807, 2.05) is 0 Å². The smallest absolute Gasteiger partial charge is 0.332 e. The highest BCUT2D eigenvalue weighted by molar-refractivity contribution is 5.72. The van der Waals surface area contributed by atoms with E-state index < -0.39 is 29.6 Å². The van der Waals surface area contributed by atoms with Crippen molar-refractivity contribution < 1.29 is 14.6 Å². The van der Waals surface area contributed by atoms with E-state index in [0.717, 1.165) is 0 Å². The van der Waals surface area contributed by atoms with Crippen LogP contribution in [0.1, 0.15) is 19.6 Å². The zero-order valence-electron chi connectivity index (χ0n) is 9.12. The molecule has 1 aromatic heterocycles. The Morgan fingerprint density at radius 1 is 1.59 bits per heavy atom. The van der Waals surface area contributed by atoms with Crippen LogP contribution in [0.5, 0.6) is 0 Å². The molecule has 7 nitrogen and oxygen atoms in total. The van der Waals surface area contributed by atoms with E-state index in [2.05, 4.69) is 4.98 Å². The van der Waals surface area contributed by atoms with Crippen LogP contribution >= 0.6 is 0 Å². The highest BCUT2D eigenvalue weighted by Crippen LogP contribution is 2.32. The van der Waals surface area contributed by atoms with Gasteiger partial charge in [-0.15, -0.1) is 0 Å². The molecule has 2 heterocycles. The van der Waals surface area contributed by atoms with Crippen molar-refractivity contribution in [3.8, 4) is 0 Å². The lowest BCUT2D eigenvalue weighted by molar-refractivity contribution is -0.151. The van der Waals surface area contributed by atoms with Gasteiger partial charge in [-0.05, 0) is 6.42 Å². The van der Waals surface area contributed by atoms with Gasteiger partial charge in [0.15, 0.2) is 6.10 Å². The number of carbonyl (C=O) groups is 1. The molecular weight excluding hydrogens is 228 g/mol. The summed E-state index contributed by atoms with van der Waals surface area (Å²) in [6, 6.07) is 1.20. The molecule has 7 heteroatoms. The molecule has 0 aliphatic carbocycles. The molecule has 2 rings (SSSR count). The van der Waals surface area contributed by atoms with Gasteiger partial charge in [-0.1, -0.05) is 6.92 Å². The second-order valence-electron chi connectivity index (χ2n) is 4.08. The minimum Gasteiger partial charge on any atom is -0.479 e. The topological polar surface area (TPSA) is 101 Å². The summed E-state index contributed by atoms with van der Waals surface area (Å²) in [7, 11) is 0. The summed E-state index contributed by atoms with van der Waals surface area (Å²) in [5.41, 5.74) is -1.09. The fourth-order valence-electron chi connectivity index (χ4n) is 1.94. The fraction of sp³-hybridized carbons (Fsp3) is 0.500. The number of H-pyrrole nitrogens is 1. The summed E-state index contributed by atoms with van der Waals surface area (Å²) in [5, 5.41) is 8.84. The van der Waals surface area contributed by atoms with Crippen LogP contribution in [0.4, 0.5) is 0 Å². The third kappa shape index (κ3) is 2.14. The monoisotopic (exact) mass is 240 g/mol. The molecule has 1 aliphatic heterocycles. The van der Waals surface area contributed by atoms with Crippen LogP contribution in [0.3, 0.4) is 0 Å². The maximum absolute atomic E-state index is 11.5. The van der Waals surface area contributed by atoms with Crippen LogP contribution in [-0.2, 0) is 9.53 Å². The SMILES string of the molecule is CC1CC(C(=O)O)OC1n1ccc(=O)[nH]c1=O. The lowest BCUT2D eigenvalue weighted by Crippen LogP contribution is -2.33. The predicted octanol–water partition coefficient (Wildman–Crippen LogP) is -0.455. The van der Waals surface area contributed by atoms with E-state index >= 15 is 0 Å². The number of ether oxygens (including phenoxy) is 1. The Morgan fingerprint density at radius 3 is 2.82 bits per heavy atom. The van der Waals surface area contributed by atoms with Gasteiger partial charge in [-0.25, -0.2) is 9.59 Å². The Morgan fingerprint density at radius 2 is 2.29 bits per heavy atom. The van der Waals surface area contributed by atoms with Crippen molar-refractivity contribution in [3.63, 3.8) is 0 Å². The highest BCUT2D eigenvalue weighted by Gasteiger charge is 2.37. The zero-order chi connectivity index (χ0) is 12.6. The van der Waals surface area contributed by atoms with Crippen LogP contribution in [0.25, 0.3) is 0 Å². The molecule has 3 atom stereocenters. The Hall–Kier alpha value is -1.89. The first-order chi connectivity index (χ1) is 7.99. The van der Waals surface area contributed by atoms with Crippen LogP contribution in [0.15, 0.2) is 21.9 Å². The third-order valence-corrected chi connectivity index (χ3v) is 2.78. The van der Waals surface area contributed by atoms with Crippen molar-refractivity contribution in [2.24, 2.45) is 5.92 Å². The second kappa shape index (κ2) is 4.17. The van der Waals surface area contributed by atoms with Gasteiger partial charge in [0.25, 0.3) is 5.56 Å². The Bertz CT molecular complexity index is 546. The zero-order valence-corrected chi connectivity index (χ0v) is 9.12. The molecule has 2 N–H and O–H groups in total. The summed E-state index contributed by atoms with van der Waals surface area (Å²) in [5.74, 6) is -1.16. The average molecular weight is 240 g/mol. The number of hydrogen-bond donors (Lipinski definition) is 2. The van der Waals surface area contributed by atoms with Gasteiger partial charge < -0.3 is 9.84 Å². The number of nitrogens with zero attached hydrogens (tertiary/aromatic N) is 1. The van der Waals surface area contributed by atoms with E-state index in [4.69, 9.17) is 9.84 Å². The number of carboxylic acids is 1. The quantitative estimate of drug-likeness (QED) is 0.728. The van der Waals surface area contributed by atoms with Crippen LogP contribution in [0.2, 0.25) is 0 Å². The molecule has 1 aromatic rings. The maximum Gasteiger partial charge on any atom is 0.332 e. The lowest BCUT2D eigenvalue weighted by atomic mass is 10.1. The molecule has 92 valence electrons. The summed E-state index contributed by atoms with van der Waals surface area (Å²) in [6.45, 7) is 1.80. The number of carboxylic acid groups (broad SMARTS) is 1.